The lowest BCUT2D eigenvalue weighted by Gasteiger charge is -2.14. The van der Waals surface area contributed by atoms with Crippen LogP contribution in [0.1, 0.15) is 6.23 Å². The first-order valence-electron chi connectivity index (χ1n) is 5.97. The van der Waals surface area contributed by atoms with Crippen molar-refractivity contribution in [1.82, 2.24) is 19.5 Å². The van der Waals surface area contributed by atoms with E-state index in [1.807, 2.05) is 0 Å². The van der Waals surface area contributed by atoms with Crippen LogP contribution in [-0.2, 0) is 4.74 Å². The highest BCUT2D eigenvalue weighted by Gasteiger charge is 2.45. The van der Waals surface area contributed by atoms with Gasteiger partial charge in [-0.3, -0.25) is 4.57 Å². The van der Waals surface area contributed by atoms with E-state index in [1.165, 1.54) is 24.3 Å². The van der Waals surface area contributed by atoms with E-state index < -0.39 is 31.2 Å². The number of hydrogen-bond donors (Lipinski definition) is 2. The molecule has 0 amide bonds. The summed E-state index contributed by atoms with van der Waals surface area (Å²) in [7, 11) is 1.44. The van der Waals surface area contributed by atoms with Crippen molar-refractivity contribution in [3.63, 3.8) is 0 Å². The molecule has 108 valence electrons. The molecule has 0 saturated carbocycles. The van der Waals surface area contributed by atoms with Crippen molar-refractivity contribution in [1.29, 1.82) is 0 Å². The Morgan fingerprint density at radius 3 is 2.90 bits per heavy atom. The van der Waals surface area contributed by atoms with E-state index in [-0.39, 0.29) is 5.88 Å². The van der Waals surface area contributed by atoms with Gasteiger partial charge in [0.2, 0.25) is 5.88 Å². The van der Waals surface area contributed by atoms with Crippen LogP contribution in [0.2, 0.25) is 0 Å². The summed E-state index contributed by atoms with van der Waals surface area (Å²) >= 11 is 0. The Morgan fingerprint density at radius 2 is 2.25 bits per heavy atom. The molecule has 0 spiro atoms. The molecule has 1 saturated heterocycles. The molecule has 4 atom stereocenters. The fourth-order valence-electron chi connectivity index (χ4n) is 2.24. The van der Waals surface area contributed by atoms with Crippen LogP contribution in [0.15, 0.2) is 12.7 Å². The van der Waals surface area contributed by atoms with Gasteiger partial charge in [-0.05, 0) is 0 Å². The number of hydrogen-bond acceptors (Lipinski definition) is 7. The third-order valence-electron chi connectivity index (χ3n) is 3.27. The number of aliphatic hydroxyl groups is 2. The fraction of sp³-hybridized carbons (Fsp3) is 0.545. The predicted molar refractivity (Wildman–Crippen MR) is 63.8 cm³/mol. The smallest absolute Gasteiger partial charge is 0.245 e. The van der Waals surface area contributed by atoms with Crippen molar-refractivity contribution in [2.45, 2.75) is 24.6 Å². The molecule has 8 nitrogen and oxygen atoms in total. The zero-order valence-electron chi connectivity index (χ0n) is 10.5. The maximum Gasteiger partial charge on any atom is 0.245 e. The average molecular weight is 284 g/mol. The van der Waals surface area contributed by atoms with E-state index in [4.69, 9.17) is 14.6 Å². The van der Waals surface area contributed by atoms with Crippen LogP contribution in [0, 0.1) is 0 Å². The van der Waals surface area contributed by atoms with E-state index in [2.05, 4.69) is 15.0 Å². The summed E-state index contributed by atoms with van der Waals surface area (Å²) in [5, 5.41) is 18.7. The maximum absolute atomic E-state index is 14.1. The zero-order chi connectivity index (χ0) is 14.3. The molecule has 2 aromatic rings. The monoisotopic (exact) mass is 284 g/mol. The van der Waals surface area contributed by atoms with Gasteiger partial charge < -0.3 is 19.7 Å². The van der Waals surface area contributed by atoms with Crippen LogP contribution in [0.4, 0.5) is 4.39 Å². The number of ether oxygens (including phenoxy) is 2. The highest BCUT2D eigenvalue weighted by Crippen LogP contribution is 2.34. The lowest BCUT2D eigenvalue weighted by Crippen LogP contribution is -2.30. The molecule has 1 aliphatic heterocycles. The molecule has 9 heteroatoms. The summed E-state index contributed by atoms with van der Waals surface area (Å²) in [6.45, 7) is -0.469. The van der Waals surface area contributed by atoms with Crippen LogP contribution in [-0.4, -0.2) is 61.8 Å². The minimum Gasteiger partial charge on any atom is -0.479 e. The summed E-state index contributed by atoms with van der Waals surface area (Å²) in [4.78, 5) is 12.0. The Kier molecular flexibility index (Phi) is 3.24. The highest BCUT2D eigenvalue weighted by atomic mass is 19.1. The van der Waals surface area contributed by atoms with Gasteiger partial charge in [-0.2, -0.15) is 4.98 Å². The minimum atomic E-state index is -1.69. The Bertz CT molecular complexity index is 621. The van der Waals surface area contributed by atoms with Crippen LogP contribution >= 0.6 is 0 Å². The lowest BCUT2D eigenvalue weighted by atomic mass is 10.1. The van der Waals surface area contributed by atoms with Crippen LogP contribution in [0.5, 0.6) is 5.88 Å². The van der Waals surface area contributed by atoms with E-state index in [0.717, 1.165) is 0 Å². The number of imidazole rings is 1. The van der Waals surface area contributed by atoms with Crippen molar-refractivity contribution in [3.8, 4) is 5.88 Å². The summed E-state index contributed by atoms with van der Waals surface area (Å²) in [5.74, 6) is 0.265. The zero-order valence-corrected chi connectivity index (χ0v) is 10.5. The fourth-order valence-corrected chi connectivity index (χ4v) is 2.24. The molecular weight excluding hydrogens is 271 g/mol. The Morgan fingerprint density at radius 1 is 1.45 bits per heavy atom. The number of aliphatic hydroxyl groups excluding tert-OH is 2. The van der Waals surface area contributed by atoms with Gasteiger partial charge in [-0.25, -0.2) is 14.4 Å². The third kappa shape index (κ3) is 1.82. The first kappa shape index (κ1) is 13.2. The number of halogens is 1. The van der Waals surface area contributed by atoms with E-state index in [9.17, 15) is 9.50 Å². The number of rotatable bonds is 3. The molecule has 20 heavy (non-hydrogen) atoms. The summed E-state index contributed by atoms with van der Waals surface area (Å²) < 4.78 is 25.8. The molecule has 3 rings (SSSR count). The van der Waals surface area contributed by atoms with Crippen LogP contribution in [0.3, 0.4) is 0 Å². The van der Waals surface area contributed by atoms with Crippen LogP contribution in [0.25, 0.3) is 11.2 Å². The molecular formula is C11H13FN4O4. The molecule has 0 radical (unpaired) electrons. The molecule has 2 N–H and O–H groups in total. The van der Waals surface area contributed by atoms with Gasteiger partial charge in [0.25, 0.3) is 0 Å². The minimum absolute atomic E-state index is 0.265. The Labute approximate surface area is 112 Å². The summed E-state index contributed by atoms with van der Waals surface area (Å²) in [6, 6.07) is 0. The molecule has 0 bridgehead atoms. The standard InChI is InChI=1S/C11H13FN4O4/c1-19-10-7-9(13-3-14-10)16(4-15-7)11-6(12)8(18)5(2-17)20-11/h3-6,8,11,17-18H,2H2,1H3/t5-,6+,8-,11-/m1/s1. The molecule has 1 fully saturated rings. The third-order valence-corrected chi connectivity index (χ3v) is 3.27. The van der Waals surface area contributed by atoms with Gasteiger partial charge in [0.1, 0.15) is 18.5 Å². The van der Waals surface area contributed by atoms with Crippen LogP contribution < -0.4 is 4.74 Å². The largest absolute Gasteiger partial charge is 0.479 e. The molecule has 0 unspecified atom stereocenters. The number of methoxy groups -OCH3 is 1. The molecule has 3 heterocycles. The van der Waals surface area contributed by atoms with Gasteiger partial charge in [0.15, 0.2) is 23.6 Å². The SMILES string of the molecule is COc1ncnc2c1ncn2[C@@H]1O[C@H](CO)[C@@H](O)[C@@H]1F. The van der Waals surface area contributed by atoms with Gasteiger partial charge in [0.05, 0.1) is 20.0 Å². The average Bonchev–Trinajstić information content (AvgIpc) is 3.01. The number of nitrogens with zero attached hydrogens (tertiary/aromatic N) is 4. The second-order valence-electron chi connectivity index (χ2n) is 4.39. The van der Waals surface area contributed by atoms with E-state index >= 15 is 0 Å². The number of aromatic nitrogens is 4. The quantitative estimate of drug-likeness (QED) is 0.777. The first-order chi connectivity index (χ1) is 9.67. The first-order valence-corrected chi connectivity index (χ1v) is 5.97. The second-order valence-corrected chi connectivity index (χ2v) is 4.39. The second kappa shape index (κ2) is 4.93. The van der Waals surface area contributed by atoms with Crippen molar-refractivity contribution < 1.29 is 24.1 Å². The molecule has 0 aromatic carbocycles. The Balaban J connectivity index is 2.03. The van der Waals surface area contributed by atoms with Gasteiger partial charge in [-0.15, -0.1) is 0 Å². The summed E-state index contributed by atoms with van der Waals surface area (Å²) in [5.41, 5.74) is 0.697. The lowest BCUT2D eigenvalue weighted by molar-refractivity contribution is -0.0459. The van der Waals surface area contributed by atoms with Gasteiger partial charge in [-0.1, -0.05) is 0 Å². The molecule has 2 aromatic heterocycles. The molecule has 1 aliphatic rings. The van der Waals surface area contributed by atoms with E-state index in [1.54, 1.807) is 0 Å². The van der Waals surface area contributed by atoms with Crippen molar-refractivity contribution in [2.75, 3.05) is 13.7 Å². The van der Waals surface area contributed by atoms with Gasteiger partial charge >= 0.3 is 0 Å². The van der Waals surface area contributed by atoms with E-state index in [0.29, 0.717) is 11.2 Å². The predicted octanol–water partition coefficient (Wildman–Crippen LogP) is -0.576. The van der Waals surface area contributed by atoms with Crippen molar-refractivity contribution in [2.24, 2.45) is 0 Å². The normalized spacial score (nSPS) is 30.0. The number of fused-ring (bicyclic) bond motifs is 1. The number of alkyl halides is 1. The van der Waals surface area contributed by atoms with Crippen molar-refractivity contribution in [3.05, 3.63) is 12.7 Å². The summed E-state index contributed by atoms with van der Waals surface area (Å²) in [6.07, 6.45) is -2.56. The van der Waals surface area contributed by atoms with Gasteiger partial charge in [0, 0.05) is 0 Å². The maximum atomic E-state index is 14.1. The molecule has 0 aliphatic carbocycles. The topological polar surface area (TPSA) is 103 Å². The highest BCUT2D eigenvalue weighted by molar-refractivity contribution is 5.76. The van der Waals surface area contributed by atoms with Crippen molar-refractivity contribution >= 4 is 11.2 Å². The Hall–Kier alpha value is -1.84.